The number of benzene rings is 3. The molecule has 7 heteroatoms. The third-order valence-electron chi connectivity index (χ3n) is 5.12. The SMILES string of the molecule is CCOc1cc(/C=N\Nc2nc3ccccc3s2)ccc1OC(=O)c1ccc(C(C)(C)C)cc1. The molecule has 3 aromatic carbocycles. The average molecular weight is 474 g/mol. The fourth-order valence-electron chi connectivity index (χ4n) is 3.30. The number of rotatable bonds is 7. The highest BCUT2D eigenvalue weighted by molar-refractivity contribution is 7.22. The van der Waals surface area contributed by atoms with Crippen LogP contribution in [0.2, 0.25) is 0 Å². The summed E-state index contributed by atoms with van der Waals surface area (Å²) in [7, 11) is 0. The Bertz CT molecular complexity index is 1290. The van der Waals surface area contributed by atoms with Gasteiger partial charge in [0.25, 0.3) is 0 Å². The molecule has 0 saturated carbocycles. The molecule has 6 nitrogen and oxygen atoms in total. The summed E-state index contributed by atoms with van der Waals surface area (Å²) in [6, 6.07) is 20.7. The topological polar surface area (TPSA) is 72.8 Å². The van der Waals surface area contributed by atoms with Crippen molar-refractivity contribution < 1.29 is 14.3 Å². The lowest BCUT2D eigenvalue weighted by molar-refractivity contribution is 0.0728. The lowest BCUT2D eigenvalue weighted by Gasteiger charge is -2.19. The standard InChI is InChI=1S/C27H27N3O3S/c1-5-32-23-16-18(17-28-30-26-29-21-8-6-7-9-24(21)34-26)10-15-22(23)33-25(31)19-11-13-20(14-12-19)27(2,3)4/h6-17H,5H2,1-4H3,(H,29,30)/b28-17-. The quantitative estimate of drug-likeness (QED) is 0.141. The van der Waals surface area contributed by atoms with Crippen LogP contribution in [0.3, 0.4) is 0 Å². The van der Waals surface area contributed by atoms with Crippen LogP contribution in [0.25, 0.3) is 10.2 Å². The van der Waals surface area contributed by atoms with Gasteiger partial charge in [0.15, 0.2) is 11.5 Å². The second kappa shape index (κ2) is 10.1. The van der Waals surface area contributed by atoms with Gasteiger partial charge in [-0.3, -0.25) is 5.43 Å². The molecule has 0 aliphatic rings. The van der Waals surface area contributed by atoms with Crippen molar-refractivity contribution in [1.29, 1.82) is 0 Å². The van der Waals surface area contributed by atoms with Crippen molar-refractivity contribution in [2.75, 3.05) is 12.0 Å². The van der Waals surface area contributed by atoms with Crippen LogP contribution in [0.4, 0.5) is 5.13 Å². The monoisotopic (exact) mass is 473 g/mol. The van der Waals surface area contributed by atoms with Crippen molar-refractivity contribution in [2.45, 2.75) is 33.1 Å². The Kier molecular flexibility index (Phi) is 6.93. The number of carbonyl (C=O) groups excluding carboxylic acids is 1. The number of thiazole rings is 1. The van der Waals surface area contributed by atoms with E-state index in [1.807, 2.05) is 49.4 Å². The lowest BCUT2D eigenvalue weighted by atomic mass is 9.87. The predicted molar refractivity (Wildman–Crippen MR) is 139 cm³/mol. The van der Waals surface area contributed by atoms with Crippen LogP contribution in [-0.2, 0) is 5.41 Å². The molecule has 1 heterocycles. The van der Waals surface area contributed by atoms with Crippen molar-refractivity contribution in [3.63, 3.8) is 0 Å². The van der Waals surface area contributed by atoms with E-state index in [0.717, 1.165) is 21.3 Å². The molecule has 0 atom stereocenters. The number of fused-ring (bicyclic) bond motifs is 1. The van der Waals surface area contributed by atoms with E-state index in [1.54, 1.807) is 30.5 Å². The number of nitrogens with zero attached hydrogens (tertiary/aromatic N) is 2. The van der Waals surface area contributed by atoms with Gasteiger partial charge in [-0.2, -0.15) is 5.10 Å². The summed E-state index contributed by atoms with van der Waals surface area (Å²) in [5.74, 6) is 0.412. The van der Waals surface area contributed by atoms with Gasteiger partial charge in [-0.1, -0.05) is 56.4 Å². The minimum Gasteiger partial charge on any atom is -0.490 e. The van der Waals surface area contributed by atoms with Crippen LogP contribution >= 0.6 is 11.3 Å². The summed E-state index contributed by atoms with van der Waals surface area (Å²) in [4.78, 5) is 17.2. The van der Waals surface area contributed by atoms with Gasteiger partial charge in [-0.25, -0.2) is 9.78 Å². The molecule has 0 amide bonds. The molecular formula is C27H27N3O3S. The first-order valence-corrected chi connectivity index (χ1v) is 11.9. The molecule has 0 saturated heterocycles. The van der Waals surface area contributed by atoms with Gasteiger partial charge >= 0.3 is 5.97 Å². The van der Waals surface area contributed by atoms with Crippen molar-refractivity contribution in [3.8, 4) is 11.5 Å². The van der Waals surface area contributed by atoms with E-state index >= 15 is 0 Å². The zero-order chi connectivity index (χ0) is 24.1. The van der Waals surface area contributed by atoms with E-state index < -0.39 is 5.97 Å². The molecule has 0 radical (unpaired) electrons. The molecule has 0 aliphatic carbocycles. The van der Waals surface area contributed by atoms with Crippen molar-refractivity contribution in [3.05, 3.63) is 83.4 Å². The maximum atomic E-state index is 12.7. The first-order chi connectivity index (χ1) is 16.3. The van der Waals surface area contributed by atoms with Gasteiger partial charge in [0.2, 0.25) is 5.13 Å². The lowest BCUT2D eigenvalue weighted by Crippen LogP contribution is -2.13. The molecule has 0 aliphatic heterocycles. The summed E-state index contributed by atoms with van der Waals surface area (Å²) in [6.45, 7) is 8.72. The van der Waals surface area contributed by atoms with Crippen molar-refractivity contribution in [2.24, 2.45) is 5.10 Å². The maximum absolute atomic E-state index is 12.7. The fourth-order valence-corrected chi connectivity index (χ4v) is 4.12. The number of esters is 1. The minimum atomic E-state index is -0.430. The Hall–Kier alpha value is -3.71. The first-order valence-electron chi connectivity index (χ1n) is 11.1. The minimum absolute atomic E-state index is 0.0177. The van der Waals surface area contributed by atoms with E-state index in [4.69, 9.17) is 9.47 Å². The van der Waals surface area contributed by atoms with Gasteiger partial charge in [-0.05, 0) is 65.9 Å². The number of ether oxygens (including phenoxy) is 2. The van der Waals surface area contributed by atoms with E-state index in [1.165, 1.54) is 11.3 Å². The van der Waals surface area contributed by atoms with Crippen LogP contribution in [0.15, 0.2) is 71.8 Å². The molecule has 4 rings (SSSR count). The van der Waals surface area contributed by atoms with E-state index in [9.17, 15) is 4.79 Å². The van der Waals surface area contributed by atoms with Crippen LogP contribution in [0, 0.1) is 0 Å². The van der Waals surface area contributed by atoms with Crippen LogP contribution in [-0.4, -0.2) is 23.8 Å². The smallest absolute Gasteiger partial charge is 0.343 e. The number of carbonyl (C=O) groups is 1. The second-order valence-corrected chi connectivity index (χ2v) is 9.74. The Labute approximate surface area is 203 Å². The molecule has 0 bridgehead atoms. The van der Waals surface area contributed by atoms with Gasteiger partial charge in [0.1, 0.15) is 0 Å². The summed E-state index contributed by atoms with van der Waals surface area (Å²) in [5, 5.41) is 5.00. The molecule has 4 aromatic rings. The molecule has 0 spiro atoms. The Balaban J connectivity index is 1.46. The Morgan fingerprint density at radius 1 is 1.06 bits per heavy atom. The molecule has 174 valence electrons. The number of aromatic nitrogens is 1. The van der Waals surface area contributed by atoms with Gasteiger partial charge in [0, 0.05) is 0 Å². The predicted octanol–water partition coefficient (Wildman–Crippen LogP) is 6.66. The number of nitrogens with one attached hydrogen (secondary N) is 1. The second-order valence-electron chi connectivity index (χ2n) is 8.71. The highest BCUT2D eigenvalue weighted by Gasteiger charge is 2.16. The number of anilines is 1. The van der Waals surface area contributed by atoms with Crippen LogP contribution in [0.1, 0.15) is 49.2 Å². The van der Waals surface area contributed by atoms with Crippen molar-refractivity contribution in [1.82, 2.24) is 4.98 Å². The van der Waals surface area contributed by atoms with Gasteiger partial charge in [0.05, 0.1) is 28.6 Å². The number of hydrazone groups is 1. The summed E-state index contributed by atoms with van der Waals surface area (Å²) in [6.07, 6.45) is 1.67. The Morgan fingerprint density at radius 2 is 1.82 bits per heavy atom. The molecule has 1 aromatic heterocycles. The molecule has 34 heavy (non-hydrogen) atoms. The fraction of sp³-hybridized carbons (Fsp3) is 0.222. The zero-order valence-corrected chi connectivity index (χ0v) is 20.5. The largest absolute Gasteiger partial charge is 0.490 e. The Morgan fingerprint density at radius 3 is 2.53 bits per heavy atom. The van der Waals surface area contributed by atoms with Gasteiger partial charge in [-0.15, -0.1) is 0 Å². The summed E-state index contributed by atoms with van der Waals surface area (Å²) in [5.41, 5.74) is 6.36. The zero-order valence-electron chi connectivity index (χ0n) is 19.7. The third kappa shape index (κ3) is 5.61. The van der Waals surface area contributed by atoms with Crippen molar-refractivity contribution >= 4 is 38.9 Å². The highest BCUT2D eigenvalue weighted by Crippen LogP contribution is 2.30. The average Bonchev–Trinajstić information content (AvgIpc) is 3.23. The molecule has 0 unspecified atom stereocenters. The van der Waals surface area contributed by atoms with Crippen LogP contribution < -0.4 is 14.9 Å². The van der Waals surface area contributed by atoms with E-state index in [-0.39, 0.29) is 5.41 Å². The number of para-hydroxylation sites is 1. The number of hydrogen-bond donors (Lipinski definition) is 1. The maximum Gasteiger partial charge on any atom is 0.343 e. The summed E-state index contributed by atoms with van der Waals surface area (Å²) < 4.78 is 12.4. The molecular weight excluding hydrogens is 446 g/mol. The van der Waals surface area contributed by atoms with E-state index in [2.05, 4.69) is 36.3 Å². The highest BCUT2D eigenvalue weighted by atomic mass is 32.1. The summed E-state index contributed by atoms with van der Waals surface area (Å²) >= 11 is 1.53. The normalized spacial score (nSPS) is 11.6. The third-order valence-corrected chi connectivity index (χ3v) is 6.07. The van der Waals surface area contributed by atoms with E-state index in [0.29, 0.717) is 28.8 Å². The van der Waals surface area contributed by atoms with Gasteiger partial charge < -0.3 is 9.47 Å². The molecule has 1 N–H and O–H groups in total. The number of hydrogen-bond acceptors (Lipinski definition) is 7. The molecule has 0 fully saturated rings. The van der Waals surface area contributed by atoms with Crippen LogP contribution in [0.5, 0.6) is 11.5 Å². The first kappa shape index (κ1) is 23.4.